The summed E-state index contributed by atoms with van der Waals surface area (Å²) >= 11 is 0. The van der Waals surface area contributed by atoms with Crippen LogP contribution in [0, 0.1) is 17.0 Å². The summed E-state index contributed by atoms with van der Waals surface area (Å²) in [4.78, 5) is 17.7. The Kier molecular flexibility index (Phi) is 4.69. The molecule has 0 bridgehead atoms. The molecule has 1 aromatic carbocycles. The number of benzene rings is 1. The quantitative estimate of drug-likeness (QED) is 0.583. The van der Waals surface area contributed by atoms with Gasteiger partial charge in [0.25, 0.3) is 5.91 Å². The predicted molar refractivity (Wildman–Crippen MR) is 105 cm³/mol. The van der Waals surface area contributed by atoms with Crippen LogP contribution in [0.3, 0.4) is 0 Å². The first-order chi connectivity index (χ1) is 15.5. The van der Waals surface area contributed by atoms with Gasteiger partial charge in [-0.1, -0.05) is 0 Å². The van der Waals surface area contributed by atoms with E-state index in [-0.39, 0.29) is 34.2 Å². The Morgan fingerprint density at radius 1 is 1.12 bits per heavy atom. The molecule has 1 saturated carbocycles. The zero-order valence-corrected chi connectivity index (χ0v) is 17.0. The number of phenolic OH excluding ortho intramolecular Hbond substituents is 1. The highest BCUT2D eigenvalue weighted by molar-refractivity contribution is 5.95. The van der Waals surface area contributed by atoms with Crippen molar-refractivity contribution in [2.45, 2.75) is 25.1 Å². The lowest BCUT2D eigenvalue weighted by Crippen LogP contribution is -2.63. The molecule has 1 aliphatic heterocycles. The molecular formula is C22H17F5N4O2. The Morgan fingerprint density at radius 3 is 2.48 bits per heavy atom. The average Bonchev–Trinajstić information content (AvgIpc) is 3.13. The Bertz CT molecular complexity index is 1220. The molecule has 33 heavy (non-hydrogen) atoms. The molecule has 1 spiro atoms. The number of carbonyl (C=O) groups excluding carboxylic acids is 1. The summed E-state index contributed by atoms with van der Waals surface area (Å²) in [6, 6.07) is 5.11. The first-order valence-electron chi connectivity index (χ1n) is 10.1. The fourth-order valence-electron chi connectivity index (χ4n) is 4.63. The van der Waals surface area contributed by atoms with Crippen molar-refractivity contribution in [3.05, 3.63) is 65.5 Å². The molecule has 1 aliphatic carbocycles. The van der Waals surface area contributed by atoms with Gasteiger partial charge < -0.3 is 10.0 Å². The Morgan fingerprint density at radius 2 is 1.85 bits per heavy atom. The maximum absolute atomic E-state index is 13.9. The van der Waals surface area contributed by atoms with Crippen molar-refractivity contribution in [1.82, 2.24) is 19.7 Å². The van der Waals surface area contributed by atoms with E-state index in [0.29, 0.717) is 25.9 Å². The van der Waals surface area contributed by atoms with Crippen molar-refractivity contribution in [1.29, 1.82) is 0 Å². The molecule has 3 heterocycles. The predicted octanol–water partition coefficient (Wildman–Crippen LogP) is 4.43. The zero-order valence-electron chi connectivity index (χ0n) is 17.0. The molecule has 5 rings (SSSR count). The third kappa shape index (κ3) is 3.70. The molecule has 0 unspecified atom stereocenters. The summed E-state index contributed by atoms with van der Waals surface area (Å²) in [5, 5.41) is 13.6. The van der Waals surface area contributed by atoms with Crippen LogP contribution >= 0.6 is 0 Å². The van der Waals surface area contributed by atoms with E-state index < -0.39 is 29.3 Å². The van der Waals surface area contributed by atoms with Crippen LogP contribution in [0.5, 0.6) is 5.75 Å². The van der Waals surface area contributed by atoms with Crippen LogP contribution in [0.2, 0.25) is 0 Å². The van der Waals surface area contributed by atoms with Gasteiger partial charge in [-0.15, -0.1) is 0 Å². The van der Waals surface area contributed by atoms with Gasteiger partial charge in [-0.2, -0.15) is 18.3 Å². The van der Waals surface area contributed by atoms with Gasteiger partial charge in [-0.3, -0.25) is 14.5 Å². The number of nitrogens with zero attached hydrogens (tertiary/aromatic N) is 4. The maximum atomic E-state index is 13.9. The second kappa shape index (κ2) is 7.26. The number of alkyl halides is 3. The lowest BCUT2D eigenvalue weighted by Gasteiger charge is -2.58. The second-order valence-electron chi connectivity index (χ2n) is 8.62. The first kappa shape index (κ1) is 21.4. The number of rotatable bonds is 3. The minimum atomic E-state index is -4.66. The molecule has 2 aliphatic rings. The molecule has 0 atom stereocenters. The van der Waals surface area contributed by atoms with Gasteiger partial charge in [0.05, 0.1) is 23.5 Å². The average molecular weight is 464 g/mol. The molecule has 172 valence electrons. The second-order valence-corrected chi connectivity index (χ2v) is 8.62. The summed E-state index contributed by atoms with van der Waals surface area (Å²) in [5.41, 5.74) is -1.88. The van der Waals surface area contributed by atoms with Crippen LogP contribution in [0.1, 0.15) is 34.8 Å². The third-order valence-electron chi connectivity index (χ3n) is 6.24. The van der Waals surface area contributed by atoms with Crippen LogP contribution in [0.25, 0.3) is 11.4 Å². The van der Waals surface area contributed by atoms with Crippen LogP contribution in [-0.4, -0.2) is 43.8 Å². The number of pyridine rings is 1. The van der Waals surface area contributed by atoms with E-state index in [4.69, 9.17) is 0 Å². The van der Waals surface area contributed by atoms with E-state index in [1.165, 1.54) is 9.58 Å². The summed E-state index contributed by atoms with van der Waals surface area (Å²) in [5.74, 6) is -2.16. The molecule has 3 aromatic rings. The summed E-state index contributed by atoms with van der Waals surface area (Å²) in [6.45, 7) is 0.689. The molecule has 11 heteroatoms. The normalized spacial score (nSPS) is 17.7. The zero-order chi connectivity index (χ0) is 23.5. The fraction of sp³-hybridized carbons (Fsp3) is 0.318. The van der Waals surface area contributed by atoms with E-state index in [2.05, 4.69) is 10.1 Å². The van der Waals surface area contributed by atoms with Crippen molar-refractivity contribution < 1.29 is 31.9 Å². The highest BCUT2D eigenvalue weighted by atomic mass is 19.4. The summed E-state index contributed by atoms with van der Waals surface area (Å²) in [7, 11) is 0. The molecule has 2 fully saturated rings. The van der Waals surface area contributed by atoms with Gasteiger partial charge in [-0.25, -0.2) is 8.78 Å². The highest BCUT2D eigenvalue weighted by Gasteiger charge is 2.55. The molecule has 0 radical (unpaired) electrons. The SMILES string of the molecule is O=C(c1cc(O)ccc1F)N1CC2(CC(n3cc(C(F)(F)F)c(-c4ccc(F)cn4)n3)C2)C1. The molecule has 1 saturated heterocycles. The largest absolute Gasteiger partial charge is 0.508 e. The number of halogens is 5. The van der Waals surface area contributed by atoms with Crippen molar-refractivity contribution in [2.75, 3.05) is 13.1 Å². The van der Waals surface area contributed by atoms with E-state index in [0.717, 1.165) is 42.7 Å². The number of aromatic hydroxyl groups is 1. The topological polar surface area (TPSA) is 71.2 Å². The number of phenols is 1. The van der Waals surface area contributed by atoms with Crippen molar-refractivity contribution in [3.63, 3.8) is 0 Å². The molecule has 6 nitrogen and oxygen atoms in total. The van der Waals surface area contributed by atoms with Crippen molar-refractivity contribution in [2.24, 2.45) is 5.41 Å². The third-order valence-corrected chi connectivity index (χ3v) is 6.24. The minimum Gasteiger partial charge on any atom is -0.508 e. The van der Waals surface area contributed by atoms with Gasteiger partial charge in [0.1, 0.15) is 28.6 Å². The van der Waals surface area contributed by atoms with E-state index in [9.17, 15) is 31.9 Å². The number of likely N-dealkylation sites (tertiary alicyclic amines) is 1. The monoisotopic (exact) mass is 464 g/mol. The van der Waals surface area contributed by atoms with Crippen LogP contribution < -0.4 is 0 Å². The number of hydrogen-bond acceptors (Lipinski definition) is 4. The van der Waals surface area contributed by atoms with Gasteiger partial charge in [0, 0.05) is 24.7 Å². The first-order valence-corrected chi connectivity index (χ1v) is 10.1. The van der Waals surface area contributed by atoms with Gasteiger partial charge in [-0.05, 0) is 43.2 Å². The number of hydrogen-bond donors (Lipinski definition) is 1. The van der Waals surface area contributed by atoms with E-state index in [1.807, 2.05) is 0 Å². The number of carbonyl (C=O) groups is 1. The molecule has 2 aromatic heterocycles. The number of amides is 1. The van der Waals surface area contributed by atoms with E-state index in [1.54, 1.807) is 0 Å². The molecule has 1 amide bonds. The maximum Gasteiger partial charge on any atom is 0.420 e. The summed E-state index contributed by atoms with van der Waals surface area (Å²) < 4.78 is 69.0. The van der Waals surface area contributed by atoms with Crippen LogP contribution in [0.4, 0.5) is 22.0 Å². The Balaban J connectivity index is 1.29. The smallest absolute Gasteiger partial charge is 0.420 e. The van der Waals surface area contributed by atoms with E-state index >= 15 is 0 Å². The Labute approximate surface area is 184 Å². The summed E-state index contributed by atoms with van der Waals surface area (Å²) in [6.07, 6.45) is -1.87. The van der Waals surface area contributed by atoms with Gasteiger partial charge in [0.2, 0.25) is 0 Å². The standard InChI is InChI=1S/C22H17F5N4O2/c23-12-1-4-18(28-8-12)19-16(22(25,26)27)9-31(29-19)13-6-21(7-13)10-30(11-21)20(33)15-5-14(32)2-3-17(15)24/h1-5,8-9,13,32H,6-7,10-11H2. The van der Waals surface area contributed by atoms with Gasteiger partial charge >= 0.3 is 6.18 Å². The number of aromatic nitrogens is 3. The Hall–Kier alpha value is -3.50. The lowest BCUT2D eigenvalue weighted by atomic mass is 9.60. The van der Waals surface area contributed by atoms with Crippen molar-refractivity contribution in [3.8, 4) is 17.1 Å². The molecular weight excluding hydrogens is 447 g/mol. The minimum absolute atomic E-state index is 0.0786. The lowest BCUT2D eigenvalue weighted by molar-refractivity contribution is -0.137. The highest BCUT2D eigenvalue weighted by Crippen LogP contribution is 2.54. The van der Waals surface area contributed by atoms with Crippen LogP contribution in [0.15, 0.2) is 42.7 Å². The van der Waals surface area contributed by atoms with Crippen LogP contribution in [-0.2, 0) is 6.18 Å². The fourth-order valence-corrected chi connectivity index (χ4v) is 4.63. The molecule has 1 N–H and O–H groups in total. The van der Waals surface area contributed by atoms with Crippen molar-refractivity contribution >= 4 is 5.91 Å². The van der Waals surface area contributed by atoms with Gasteiger partial charge in [0.15, 0.2) is 0 Å².